The first-order valence-corrected chi connectivity index (χ1v) is 26.5. The Hall–Kier alpha value is 0.180. The van der Waals surface area contributed by atoms with Crippen LogP contribution >= 0.6 is 0 Å². The molecule has 0 radical (unpaired) electrons. The largest absolute Gasteiger partial charge is 1.00 e. The van der Waals surface area contributed by atoms with Gasteiger partial charge in [-0.2, -0.15) is 0 Å². The molecule has 0 spiro atoms. The van der Waals surface area contributed by atoms with Gasteiger partial charge in [0.15, 0.2) is 0 Å². The van der Waals surface area contributed by atoms with Crippen molar-refractivity contribution in [1.82, 2.24) is 2.84 Å². The maximum atomic E-state index is 2.91. The van der Waals surface area contributed by atoms with Crippen molar-refractivity contribution >= 4 is 11.1 Å². The van der Waals surface area contributed by atoms with Crippen molar-refractivity contribution in [3.05, 3.63) is 54.3 Å². The van der Waals surface area contributed by atoms with Crippen LogP contribution in [0.25, 0.3) is 0 Å². The summed E-state index contributed by atoms with van der Waals surface area (Å²) < 4.78 is 13.6. The summed E-state index contributed by atoms with van der Waals surface area (Å²) in [6.07, 6.45) is 7.97. The van der Waals surface area contributed by atoms with E-state index in [-0.39, 0.29) is 30.4 Å². The molecule has 1 aromatic rings. The molecule has 25 heavy (non-hydrogen) atoms. The second-order valence-electron chi connectivity index (χ2n) is 11.1. The maximum Gasteiger partial charge on any atom is -1.00 e. The fourth-order valence-electron chi connectivity index (χ4n) is 4.90. The van der Waals surface area contributed by atoms with E-state index in [1.165, 1.54) is 5.70 Å². The maximum absolute atomic E-state index is 3.67. The molecule has 142 valence electrons. The van der Waals surface area contributed by atoms with Gasteiger partial charge in [0.1, 0.15) is 0 Å². The van der Waals surface area contributed by atoms with E-state index in [2.05, 4.69) is 97.2 Å². The monoisotopic (exact) mass is 477 g/mol. The van der Waals surface area contributed by atoms with Crippen LogP contribution in [0.4, 0.5) is 0 Å². The molecule has 0 amide bonds. The summed E-state index contributed by atoms with van der Waals surface area (Å²) in [5.74, 6) is -1.15. The topological polar surface area (TPSA) is 3.24 Å². The van der Waals surface area contributed by atoms with Crippen LogP contribution in [0, 0.1) is 0 Å². The summed E-state index contributed by atoms with van der Waals surface area (Å²) in [6.45, 7) is 9.77. The fraction of sp³-hybridized carbons (Fsp3) is 0.500. The minimum absolute atomic E-state index is 0. The number of nitrogens with zero attached hydrogens (tertiary/aromatic N) is 1. The fourth-order valence-corrected chi connectivity index (χ4v) is 37.2. The smallest absolute Gasteiger partial charge is 1.00 e. The molecule has 1 aliphatic rings. The van der Waals surface area contributed by atoms with Gasteiger partial charge in [-0.25, -0.2) is 0 Å². The molecule has 1 nitrogen and oxygen atoms in total. The van der Waals surface area contributed by atoms with Crippen molar-refractivity contribution in [3.63, 3.8) is 0 Å². The molecular formula is C20H35Cl2NSiZr. The van der Waals surface area contributed by atoms with Gasteiger partial charge in [0.25, 0.3) is 0 Å². The average Bonchev–Trinajstić information content (AvgIpc) is 2.88. The molecular weight excluding hydrogens is 444 g/mol. The molecule has 0 aromatic heterocycles. The molecule has 2 rings (SSSR count). The van der Waals surface area contributed by atoms with Gasteiger partial charge < -0.3 is 24.8 Å². The zero-order valence-electron chi connectivity index (χ0n) is 17.1. The third-order valence-corrected chi connectivity index (χ3v) is 51.0. The molecule has 5 heteroatoms. The summed E-state index contributed by atoms with van der Waals surface area (Å²) in [6, 6.07) is 11.3. The third kappa shape index (κ3) is 4.92. The van der Waals surface area contributed by atoms with E-state index in [1.54, 1.807) is 5.19 Å². The van der Waals surface area contributed by atoms with E-state index >= 15 is 0 Å². The van der Waals surface area contributed by atoms with Crippen LogP contribution in [0.1, 0.15) is 27.2 Å². The molecule has 0 aliphatic heterocycles. The zero-order valence-corrected chi connectivity index (χ0v) is 22.2. The second kappa shape index (κ2) is 7.30. The SMILES string of the molecule is C[SiH](c1ccccc1)[Zr+2]([CH3])([CH3])([CH3])([CH3])[N](C1=CC=CC1)C(C)(C)C.[Cl-].[Cl-]. The predicted molar refractivity (Wildman–Crippen MR) is 106 cm³/mol. The summed E-state index contributed by atoms with van der Waals surface area (Å²) in [5.41, 5.74) is 1.68. The Labute approximate surface area is 166 Å². The Morgan fingerprint density at radius 2 is 1.48 bits per heavy atom. The summed E-state index contributed by atoms with van der Waals surface area (Å²) in [4.78, 5) is 0. The van der Waals surface area contributed by atoms with Gasteiger partial charge in [0, 0.05) is 0 Å². The van der Waals surface area contributed by atoms with Gasteiger partial charge in [-0.3, -0.25) is 0 Å². The number of allylic oxidation sites excluding steroid dienone is 3. The normalized spacial score (nSPS) is 16.7. The van der Waals surface area contributed by atoms with Crippen molar-refractivity contribution in [2.75, 3.05) is 0 Å². The summed E-state index contributed by atoms with van der Waals surface area (Å²) in [7, 11) is 0. The summed E-state index contributed by atoms with van der Waals surface area (Å²) >= 11 is -3.67. The average molecular weight is 480 g/mol. The van der Waals surface area contributed by atoms with Crippen molar-refractivity contribution in [2.45, 2.75) is 57.8 Å². The van der Waals surface area contributed by atoms with Gasteiger partial charge in [-0.15, -0.1) is 0 Å². The first kappa shape index (κ1) is 25.2. The van der Waals surface area contributed by atoms with E-state index in [4.69, 9.17) is 0 Å². The first-order valence-electron chi connectivity index (χ1n) is 8.95. The van der Waals surface area contributed by atoms with Crippen LogP contribution in [0.2, 0.25) is 25.1 Å². The van der Waals surface area contributed by atoms with Crippen LogP contribution in [0.15, 0.2) is 54.3 Å². The Bertz CT molecular complexity index is 653. The number of hydrogen-bond acceptors (Lipinski definition) is 1. The molecule has 0 bridgehead atoms. The Morgan fingerprint density at radius 1 is 0.960 bits per heavy atom. The summed E-state index contributed by atoms with van der Waals surface area (Å²) in [5, 5.41) is 1.61. The molecule has 0 saturated carbocycles. The molecule has 0 heterocycles. The first-order chi connectivity index (χ1) is 10.3. The Morgan fingerprint density at radius 3 is 1.88 bits per heavy atom. The molecule has 0 saturated heterocycles. The van der Waals surface area contributed by atoms with Crippen molar-refractivity contribution < 1.29 is 41.6 Å². The predicted octanol–water partition coefficient (Wildman–Crippen LogP) is -0.468. The number of hydrogen-bond donors (Lipinski definition) is 0. The zero-order chi connectivity index (χ0) is 17.6. The van der Waals surface area contributed by atoms with Crippen LogP contribution in [0.5, 0.6) is 0 Å². The quantitative estimate of drug-likeness (QED) is 0.528. The van der Waals surface area contributed by atoms with Gasteiger partial charge in [0.2, 0.25) is 0 Å². The number of halogens is 2. The number of rotatable bonds is 4. The van der Waals surface area contributed by atoms with Crippen LogP contribution < -0.4 is 30.0 Å². The van der Waals surface area contributed by atoms with Gasteiger partial charge in [-0.05, 0) is 0 Å². The van der Waals surface area contributed by atoms with E-state index in [1.807, 2.05) is 0 Å². The van der Waals surface area contributed by atoms with E-state index in [9.17, 15) is 0 Å². The van der Waals surface area contributed by atoms with E-state index in [0.29, 0.717) is 0 Å². The second-order valence-corrected chi connectivity index (χ2v) is 61.3. The van der Waals surface area contributed by atoms with Crippen LogP contribution in [-0.2, 0) is 16.7 Å². The van der Waals surface area contributed by atoms with Crippen molar-refractivity contribution in [1.29, 1.82) is 0 Å². The molecule has 0 fully saturated rings. The van der Waals surface area contributed by atoms with E-state index < -0.39 is 22.7 Å². The van der Waals surface area contributed by atoms with Crippen molar-refractivity contribution in [3.8, 4) is 0 Å². The van der Waals surface area contributed by atoms with Crippen LogP contribution in [-0.4, -0.2) is 14.3 Å². The minimum Gasteiger partial charge on any atom is -1.00 e. The van der Waals surface area contributed by atoms with E-state index in [0.717, 1.165) is 6.42 Å². The van der Waals surface area contributed by atoms with Gasteiger partial charge in [0.05, 0.1) is 0 Å². The van der Waals surface area contributed by atoms with Gasteiger partial charge >= 0.3 is 143 Å². The minimum atomic E-state index is -3.67. The molecule has 1 aromatic carbocycles. The molecule has 0 N–H and O–H groups in total. The molecule has 1 atom stereocenters. The van der Waals surface area contributed by atoms with Gasteiger partial charge in [-0.1, -0.05) is 0 Å². The third-order valence-electron chi connectivity index (χ3n) is 5.96. The standard InChI is InChI=1S/C9H14N.C7H9Si.4CH3.2ClH.Zr/c1-9(2,3)10-8-6-4-5-7-8;1-8-7-5-3-2-4-6-7;;;;;;;/h4-6H,7H2,1-3H3;2-6,8H,1H3;4*1H3;2*1H;/q-1;;;;;;;;+3/p-2. The Balaban J connectivity index is 0.00000288. The molecule has 1 unspecified atom stereocenters. The Kier molecular flexibility index (Phi) is 7.36. The van der Waals surface area contributed by atoms with Crippen LogP contribution in [0.3, 0.4) is 0 Å². The molecule has 1 aliphatic carbocycles. The van der Waals surface area contributed by atoms with Crippen molar-refractivity contribution in [2.24, 2.45) is 0 Å². The number of benzene rings is 1.